The van der Waals surface area contributed by atoms with Crippen LogP contribution in [-0.4, -0.2) is 19.2 Å². The summed E-state index contributed by atoms with van der Waals surface area (Å²) in [6, 6.07) is 0. The summed E-state index contributed by atoms with van der Waals surface area (Å²) in [6.07, 6.45) is 1.91. The Morgan fingerprint density at radius 1 is 1.44 bits per heavy atom. The fourth-order valence-corrected chi connectivity index (χ4v) is 0.675. The lowest BCUT2D eigenvalue weighted by atomic mass is 10.1. The number of carbonyl (C=O) groups excluding carboxylic acids is 1. The predicted molar refractivity (Wildman–Crippen MR) is 68.2 cm³/mol. The Morgan fingerprint density at radius 3 is 2.12 bits per heavy atom. The van der Waals surface area contributed by atoms with Crippen LogP contribution in [-0.2, 0) is 9.53 Å². The number of hydrogen-bond acceptors (Lipinski definition) is 3. The van der Waals surface area contributed by atoms with Crippen LogP contribution in [0.25, 0.3) is 0 Å². The molecule has 0 saturated heterocycles. The second-order valence-electron chi connectivity index (χ2n) is 3.33. The van der Waals surface area contributed by atoms with Crippen molar-refractivity contribution < 1.29 is 9.53 Å². The van der Waals surface area contributed by atoms with Gasteiger partial charge >= 0.3 is 0 Å². The van der Waals surface area contributed by atoms with E-state index in [0.29, 0.717) is 11.9 Å². The first-order chi connectivity index (χ1) is 7.44. The highest BCUT2D eigenvalue weighted by molar-refractivity contribution is 6.13. The first-order valence-electron chi connectivity index (χ1n) is 5.14. The number of carbonyl (C=O) groups is 1. The zero-order valence-electron chi connectivity index (χ0n) is 10.8. The molecule has 0 aromatic carbocycles. The van der Waals surface area contributed by atoms with Crippen LogP contribution < -0.4 is 5.73 Å². The van der Waals surface area contributed by atoms with Gasteiger partial charge in [0, 0.05) is 0 Å². The van der Waals surface area contributed by atoms with Crippen molar-refractivity contribution in [3.05, 3.63) is 23.6 Å². The Hall–Kier alpha value is -1.58. The minimum Gasteiger partial charge on any atom is -0.481 e. The summed E-state index contributed by atoms with van der Waals surface area (Å²) >= 11 is 0. The number of amidine groups is 1. The number of allylic oxidation sites excluding steroid dienone is 1. The van der Waals surface area contributed by atoms with Crippen LogP contribution >= 0.6 is 0 Å². The van der Waals surface area contributed by atoms with Crippen LogP contribution in [0.15, 0.2) is 28.6 Å². The number of rotatable bonds is 4. The van der Waals surface area contributed by atoms with Gasteiger partial charge in [0.05, 0.1) is 12.7 Å². The molecule has 0 atom stereocenters. The van der Waals surface area contributed by atoms with Gasteiger partial charge in [-0.3, -0.25) is 4.79 Å². The average molecular weight is 226 g/mol. The third-order valence-corrected chi connectivity index (χ3v) is 1.41. The lowest BCUT2D eigenvalue weighted by molar-refractivity contribution is -0.104. The van der Waals surface area contributed by atoms with E-state index >= 15 is 0 Å². The van der Waals surface area contributed by atoms with Gasteiger partial charge in [-0.05, 0) is 20.4 Å². The Labute approximate surface area is 97.9 Å². The summed E-state index contributed by atoms with van der Waals surface area (Å²) in [5, 5.41) is 0. The third-order valence-electron chi connectivity index (χ3n) is 1.41. The lowest BCUT2D eigenvalue weighted by Crippen LogP contribution is -2.17. The number of nitrogens with two attached hydrogens (primary N) is 1. The molecule has 92 valence electrons. The average Bonchev–Trinajstić information content (AvgIpc) is 2.19. The van der Waals surface area contributed by atoms with Gasteiger partial charge in [-0.25, -0.2) is 0 Å². The highest BCUT2D eigenvalue weighted by atomic mass is 16.5. The number of methoxy groups -OCH3 is 1. The highest BCUT2D eigenvalue weighted by Crippen LogP contribution is 2.02. The zero-order chi connectivity index (χ0) is 13.1. The topological polar surface area (TPSA) is 64.7 Å². The smallest absolute Gasteiger partial charge is 0.207 e. The molecule has 0 aliphatic carbocycles. The molecule has 4 heteroatoms. The standard InChI is InChI=1S/C9H14N2O2.C3H8/c1-6(2)8(5-12)9(10)11-7(3)13-4;1-3-2/h5H,3H2,1-2,4H3,(H2,10,11);3H2,1-2H3. The van der Waals surface area contributed by atoms with E-state index in [4.69, 9.17) is 10.5 Å². The predicted octanol–water partition coefficient (Wildman–Crippen LogP) is 2.41. The van der Waals surface area contributed by atoms with Crippen LogP contribution in [0, 0.1) is 0 Å². The van der Waals surface area contributed by atoms with Crippen LogP contribution in [0.1, 0.15) is 34.1 Å². The van der Waals surface area contributed by atoms with Crippen LogP contribution in [0.3, 0.4) is 0 Å². The Balaban J connectivity index is 0. The summed E-state index contributed by atoms with van der Waals surface area (Å²) in [6.45, 7) is 11.3. The van der Waals surface area contributed by atoms with Gasteiger partial charge < -0.3 is 10.5 Å². The molecular formula is C12H22N2O2. The first kappa shape index (κ1) is 16.8. The largest absolute Gasteiger partial charge is 0.481 e. The highest BCUT2D eigenvalue weighted by Gasteiger charge is 2.03. The molecule has 0 heterocycles. The molecule has 16 heavy (non-hydrogen) atoms. The number of aldehydes is 1. The van der Waals surface area contributed by atoms with Gasteiger partial charge in [0.2, 0.25) is 5.88 Å². The summed E-state index contributed by atoms with van der Waals surface area (Å²) in [5.41, 5.74) is 6.70. The van der Waals surface area contributed by atoms with E-state index in [-0.39, 0.29) is 11.7 Å². The van der Waals surface area contributed by atoms with Gasteiger partial charge in [0.25, 0.3) is 0 Å². The molecule has 0 aliphatic rings. The monoisotopic (exact) mass is 226 g/mol. The Morgan fingerprint density at radius 2 is 1.88 bits per heavy atom. The van der Waals surface area contributed by atoms with Crippen molar-refractivity contribution in [3.8, 4) is 0 Å². The second kappa shape index (κ2) is 9.96. The molecule has 0 unspecified atom stereocenters. The molecule has 0 aromatic heterocycles. The van der Waals surface area contributed by atoms with E-state index in [9.17, 15) is 4.79 Å². The van der Waals surface area contributed by atoms with E-state index in [2.05, 4.69) is 25.4 Å². The summed E-state index contributed by atoms with van der Waals surface area (Å²) in [4.78, 5) is 14.3. The Bertz CT molecular complexity index is 287. The molecule has 0 rings (SSSR count). The number of ether oxygens (including phenoxy) is 1. The lowest BCUT2D eigenvalue weighted by Gasteiger charge is -2.02. The molecule has 0 radical (unpaired) electrons. The van der Waals surface area contributed by atoms with E-state index in [0.717, 1.165) is 5.57 Å². The summed E-state index contributed by atoms with van der Waals surface area (Å²) in [7, 11) is 1.43. The van der Waals surface area contributed by atoms with E-state index in [1.807, 2.05) is 0 Å². The van der Waals surface area contributed by atoms with Crippen molar-refractivity contribution in [1.29, 1.82) is 0 Å². The minimum absolute atomic E-state index is 0.127. The molecule has 0 aliphatic heterocycles. The van der Waals surface area contributed by atoms with Gasteiger partial charge in [-0.1, -0.05) is 25.8 Å². The van der Waals surface area contributed by atoms with Crippen molar-refractivity contribution in [2.45, 2.75) is 34.1 Å². The van der Waals surface area contributed by atoms with Gasteiger partial charge in [0.15, 0.2) is 6.29 Å². The zero-order valence-corrected chi connectivity index (χ0v) is 10.8. The summed E-state index contributed by atoms with van der Waals surface area (Å²) in [5.74, 6) is 0.306. The molecule has 2 N–H and O–H groups in total. The Kier molecular flexibility index (Phi) is 10.5. The molecule has 0 saturated carbocycles. The second-order valence-corrected chi connectivity index (χ2v) is 3.33. The van der Waals surface area contributed by atoms with Gasteiger partial charge in [0.1, 0.15) is 5.84 Å². The first-order valence-corrected chi connectivity index (χ1v) is 5.14. The van der Waals surface area contributed by atoms with Gasteiger partial charge in [-0.15, -0.1) is 0 Å². The SMILES string of the molecule is C=C(/N=C(/N)C(C=O)=C(C)C)OC.CCC. The van der Waals surface area contributed by atoms with E-state index < -0.39 is 0 Å². The van der Waals surface area contributed by atoms with Crippen molar-refractivity contribution in [1.82, 2.24) is 0 Å². The minimum atomic E-state index is 0.127. The molecule has 0 fully saturated rings. The molecule has 0 amide bonds. The molecular weight excluding hydrogens is 204 g/mol. The normalized spacial score (nSPS) is 9.69. The van der Waals surface area contributed by atoms with Crippen molar-refractivity contribution in [3.63, 3.8) is 0 Å². The number of nitrogens with zero attached hydrogens (tertiary/aromatic N) is 1. The van der Waals surface area contributed by atoms with Gasteiger partial charge in [-0.2, -0.15) is 4.99 Å². The number of aliphatic imine (C=N–C) groups is 1. The molecule has 4 nitrogen and oxygen atoms in total. The maximum Gasteiger partial charge on any atom is 0.207 e. The van der Waals surface area contributed by atoms with Crippen LogP contribution in [0.2, 0.25) is 0 Å². The van der Waals surface area contributed by atoms with E-state index in [1.54, 1.807) is 13.8 Å². The quantitative estimate of drug-likeness (QED) is 0.263. The number of hydrogen-bond donors (Lipinski definition) is 1. The van der Waals surface area contributed by atoms with Crippen LogP contribution in [0.4, 0.5) is 0 Å². The van der Waals surface area contributed by atoms with Crippen molar-refractivity contribution in [2.75, 3.05) is 7.11 Å². The fourth-order valence-electron chi connectivity index (χ4n) is 0.675. The summed E-state index contributed by atoms with van der Waals surface area (Å²) < 4.78 is 4.69. The molecule has 0 bridgehead atoms. The molecule has 0 aromatic rings. The third kappa shape index (κ3) is 7.79. The maximum atomic E-state index is 10.6. The van der Waals surface area contributed by atoms with Crippen molar-refractivity contribution in [2.24, 2.45) is 10.7 Å². The fraction of sp³-hybridized carbons (Fsp3) is 0.500. The maximum absolute atomic E-state index is 10.6. The van der Waals surface area contributed by atoms with Crippen molar-refractivity contribution >= 4 is 12.1 Å². The van der Waals surface area contributed by atoms with E-state index in [1.165, 1.54) is 13.5 Å². The molecule has 0 spiro atoms. The van der Waals surface area contributed by atoms with Crippen LogP contribution in [0.5, 0.6) is 0 Å².